The molecular weight excluding hydrogens is 516 g/mol. The molecule has 0 radical (unpaired) electrons. The number of rotatable bonds is 8. The summed E-state index contributed by atoms with van der Waals surface area (Å²) in [5.41, 5.74) is 1.77. The van der Waals surface area contributed by atoms with E-state index in [0.29, 0.717) is 55.9 Å². The number of phenolic OH excluding ortho intramolecular Hbond substituents is 1. The quantitative estimate of drug-likeness (QED) is 0.256. The minimum absolute atomic E-state index is 0.0853. The fraction of sp³-hybridized carbons (Fsp3) is 0.645. The lowest BCUT2D eigenvalue weighted by Gasteiger charge is -2.45. The normalized spacial score (nSPS) is 27.4. The van der Waals surface area contributed by atoms with Crippen LogP contribution in [0.5, 0.6) is 5.75 Å². The number of carbonyl (C=O) groups excluding carboxylic acids is 3. The second kappa shape index (κ2) is 10.8. The molecule has 2 amide bonds. The molecular formula is C31H41ClN2O5. The van der Waals surface area contributed by atoms with Crippen molar-refractivity contribution >= 4 is 29.4 Å². The van der Waals surface area contributed by atoms with Gasteiger partial charge in [0.05, 0.1) is 24.5 Å². The van der Waals surface area contributed by atoms with E-state index < -0.39 is 17.4 Å². The van der Waals surface area contributed by atoms with Gasteiger partial charge in [0.25, 0.3) is 0 Å². The third-order valence-corrected chi connectivity index (χ3v) is 10.0. The van der Waals surface area contributed by atoms with Gasteiger partial charge in [0.15, 0.2) is 0 Å². The number of hydrogen-bond acceptors (Lipinski definition) is 5. The Hall–Kier alpha value is -2.54. The zero-order chi connectivity index (χ0) is 27.9. The van der Waals surface area contributed by atoms with Gasteiger partial charge in [-0.1, -0.05) is 43.0 Å². The molecule has 3 atom stereocenters. The summed E-state index contributed by atoms with van der Waals surface area (Å²) in [4.78, 5) is 44.3. The van der Waals surface area contributed by atoms with Crippen LogP contribution in [-0.2, 0) is 25.5 Å². The van der Waals surface area contributed by atoms with Crippen molar-refractivity contribution in [2.24, 2.45) is 16.7 Å². The van der Waals surface area contributed by atoms with Gasteiger partial charge in [0.1, 0.15) is 5.75 Å². The number of nitrogens with zero attached hydrogens (tertiary/aromatic N) is 2. The van der Waals surface area contributed by atoms with Gasteiger partial charge in [-0.15, -0.1) is 0 Å². The molecule has 1 saturated heterocycles. The smallest absolute Gasteiger partial charge is 0.312 e. The number of ether oxygens (including phenoxy) is 1. The van der Waals surface area contributed by atoms with Crippen molar-refractivity contribution in [3.05, 3.63) is 39.9 Å². The van der Waals surface area contributed by atoms with Crippen molar-refractivity contribution in [2.45, 2.75) is 84.1 Å². The van der Waals surface area contributed by atoms with Crippen molar-refractivity contribution in [3.63, 3.8) is 0 Å². The van der Waals surface area contributed by atoms with Gasteiger partial charge in [-0.3, -0.25) is 14.4 Å². The Kier molecular flexibility index (Phi) is 7.75. The third kappa shape index (κ3) is 5.19. The zero-order valence-electron chi connectivity index (χ0n) is 23.4. The van der Waals surface area contributed by atoms with Crippen LogP contribution in [0.15, 0.2) is 23.8 Å². The molecule has 2 aliphatic heterocycles. The van der Waals surface area contributed by atoms with Crippen LogP contribution in [0.2, 0.25) is 5.02 Å². The van der Waals surface area contributed by atoms with Crippen molar-refractivity contribution in [3.8, 4) is 5.75 Å². The van der Waals surface area contributed by atoms with Gasteiger partial charge >= 0.3 is 5.97 Å². The topological polar surface area (TPSA) is 87.2 Å². The molecule has 0 unspecified atom stereocenters. The lowest BCUT2D eigenvalue weighted by atomic mass is 9.66. The molecule has 1 aromatic carbocycles. The van der Waals surface area contributed by atoms with Crippen molar-refractivity contribution in [1.82, 2.24) is 9.80 Å². The number of amides is 2. The average Bonchev–Trinajstić information content (AvgIpc) is 3.60. The number of likely N-dealkylation sites (tertiary alicyclic amines) is 1. The van der Waals surface area contributed by atoms with Crippen molar-refractivity contribution in [1.29, 1.82) is 0 Å². The number of aromatic hydroxyl groups is 1. The van der Waals surface area contributed by atoms with E-state index in [9.17, 15) is 19.5 Å². The molecule has 4 aliphatic rings. The molecule has 7 nitrogen and oxygen atoms in total. The summed E-state index contributed by atoms with van der Waals surface area (Å²) in [6.07, 6.45) is 10.5. The fourth-order valence-electron chi connectivity index (χ4n) is 7.14. The van der Waals surface area contributed by atoms with Crippen molar-refractivity contribution in [2.75, 3.05) is 26.7 Å². The first kappa shape index (κ1) is 28.0. The number of allylic oxidation sites excluding steroid dienone is 2. The number of unbranched alkanes of at least 4 members (excludes halogenated alkanes) is 2. The molecule has 2 fully saturated rings. The minimum atomic E-state index is -0.981. The maximum Gasteiger partial charge on any atom is 0.312 e. The zero-order valence-corrected chi connectivity index (χ0v) is 24.2. The minimum Gasteiger partial charge on any atom is -0.508 e. The maximum absolute atomic E-state index is 14.4. The molecule has 0 aromatic heterocycles. The van der Waals surface area contributed by atoms with Crippen LogP contribution < -0.4 is 0 Å². The number of benzene rings is 1. The van der Waals surface area contributed by atoms with E-state index >= 15 is 0 Å². The Labute approximate surface area is 236 Å². The molecule has 0 bridgehead atoms. The lowest BCUT2D eigenvalue weighted by molar-refractivity contribution is -0.163. The summed E-state index contributed by atoms with van der Waals surface area (Å²) in [5.74, 6) is -0.900. The maximum atomic E-state index is 14.4. The molecule has 2 heterocycles. The fourth-order valence-corrected chi connectivity index (χ4v) is 7.40. The number of methoxy groups -OCH3 is 1. The number of hydrogen-bond donors (Lipinski definition) is 1. The average molecular weight is 557 g/mol. The Bertz CT molecular complexity index is 1190. The van der Waals surface area contributed by atoms with E-state index in [0.717, 1.165) is 44.1 Å². The van der Waals surface area contributed by atoms with Gasteiger partial charge in [-0.2, -0.15) is 0 Å². The number of fused-ring (bicyclic) bond motifs is 1. The van der Waals surface area contributed by atoms with Crippen LogP contribution in [-0.4, -0.2) is 59.4 Å². The summed E-state index contributed by atoms with van der Waals surface area (Å²) in [5, 5.41) is 11.6. The van der Waals surface area contributed by atoms with Crippen LogP contribution in [0, 0.1) is 16.7 Å². The molecule has 1 N–H and O–H groups in total. The van der Waals surface area contributed by atoms with Gasteiger partial charge in [0, 0.05) is 36.6 Å². The second-order valence-corrected chi connectivity index (χ2v) is 12.8. The van der Waals surface area contributed by atoms with Crippen LogP contribution in [0.3, 0.4) is 0 Å². The second-order valence-electron chi connectivity index (χ2n) is 12.4. The molecule has 2 aliphatic carbocycles. The van der Waals surface area contributed by atoms with Crippen molar-refractivity contribution < 1.29 is 24.2 Å². The summed E-state index contributed by atoms with van der Waals surface area (Å²) < 4.78 is 5.26. The monoisotopic (exact) mass is 556 g/mol. The summed E-state index contributed by atoms with van der Waals surface area (Å²) >= 11 is 6.57. The highest BCUT2D eigenvalue weighted by molar-refractivity contribution is 6.31. The highest BCUT2D eigenvalue weighted by Crippen LogP contribution is 2.54. The molecule has 1 spiro atoms. The number of phenols is 1. The Morgan fingerprint density at radius 2 is 1.97 bits per heavy atom. The number of esters is 1. The summed E-state index contributed by atoms with van der Waals surface area (Å²) in [6, 6.07) is 2.72. The standard InChI is InChI=1S/C31H41ClN2O5/c1-4-5-6-7-20-8-9-22(30(2,16-20)29(38)39-3)28(37)34-15-12-21-23(32)10-11-25(35)27(21)24(34)18-33-19-31(13-14-31)17-26(33)36/h8,10-11,22,24,35H,4-7,9,12-19H2,1-3H3/t22-,24+,30-/m0/s1. The molecule has 212 valence electrons. The van der Waals surface area contributed by atoms with E-state index in [4.69, 9.17) is 16.3 Å². The Morgan fingerprint density at radius 3 is 2.64 bits per heavy atom. The first-order valence-electron chi connectivity index (χ1n) is 14.5. The molecule has 1 aromatic rings. The van der Waals surface area contributed by atoms with Crippen LogP contribution in [0.25, 0.3) is 0 Å². The third-order valence-electron chi connectivity index (χ3n) is 9.68. The predicted molar refractivity (Wildman–Crippen MR) is 149 cm³/mol. The number of halogens is 1. The largest absolute Gasteiger partial charge is 0.508 e. The number of carbonyl (C=O) groups is 3. The van der Waals surface area contributed by atoms with Gasteiger partial charge < -0.3 is 19.6 Å². The molecule has 5 rings (SSSR count). The van der Waals surface area contributed by atoms with E-state index in [-0.39, 0.29) is 28.9 Å². The van der Waals surface area contributed by atoms with Gasteiger partial charge in [-0.05, 0) is 75.0 Å². The SMILES string of the molecule is CCCCCC1=CC[C@@H](C(=O)N2CCc3c(Cl)ccc(O)c3[C@H]2CN2CC3(CC3)CC2=O)[C@@](C)(C(=O)OC)C1. The summed E-state index contributed by atoms with van der Waals surface area (Å²) in [7, 11) is 1.39. The Balaban J connectivity index is 1.47. The van der Waals surface area contributed by atoms with Crippen LogP contribution >= 0.6 is 11.6 Å². The molecule has 39 heavy (non-hydrogen) atoms. The van der Waals surface area contributed by atoms with E-state index in [1.807, 2.05) is 11.8 Å². The molecule has 1 saturated carbocycles. The van der Waals surface area contributed by atoms with E-state index in [1.54, 1.807) is 17.0 Å². The Morgan fingerprint density at radius 1 is 1.21 bits per heavy atom. The van der Waals surface area contributed by atoms with Gasteiger partial charge in [-0.25, -0.2) is 0 Å². The molecule has 8 heteroatoms. The first-order chi connectivity index (χ1) is 18.6. The lowest BCUT2D eigenvalue weighted by Crippen LogP contribution is -2.52. The van der Waals surface area contributed by atoms with Crippen LogP contribution in [0.1, 0.15) is 88.8 Å². The predicted octanol–water partition coefficient (Wildman–Crippen LogP) is 5.58. The van der Waals surface area contributed by atoms with Crippen LogP contribution in [0.4, 0.5) is 0 Å². The highest BCUT2D eigenvalue weighted by atomic mass is 35.5. The highest BCUT2D eigenvalue weighted by Gasteiger charge is 2.54. The van der Waals surface area contributed by atoms with E-state index in [2.05, 4.69) is 13.0 Å². The summed E-state index contributed by atoms with van der Waals surface area (Å²) in [6.45, 7) is 5.44. The van der Waals surface area contributed by atoms with E-state index in [1.165, 1.54) is 12.7 Å². The first-order valence-corrected chi connectivity index (χ1v) is 14.8. The van der Waals surface area contributed by atoms with Gasteiger partial charge in [0.2, 0.25) is 11.8 Å².